The summed E-state index contributed by atoms with van der Waals surface area (Å²) in [5, 5.41) is 0.813. The summed E-state index contributed by atoms with van der Waals surface area (Å²) in [6.45, 7) is 2.05. The number of aromatic nitrogens is 1. The molecule has 0 atom stereocenters. The smallest absolute Gasteiger partial charge is 0.205 e. The average Bonchev–Trinajstić information content (AvgIpc) is 3.04. The number of pyridine rings is 1. The summed E-state index contributed by atoms with van der Waals surface area (Å²) in [6.07, 6.45) is 0. The first-order valence-corrected chi connectivity index (χ1v) is 9.33. The molecule has 2 aromatic heterocycles. The molecule has 5 heteroatoms. The number of carbonyl (C=O) groups excluding carboxylic acids is 1. The molecular weight excluding hydrogens is 356 g/mol. The summed E-state index contributed by atoms with van der Waals surface area (Å²) >= 11 is 1.33. The predicted molar refractivity (Wildman–Crippen MR) is 111 cm³/mol. The number of nitrogens with zero attached hydrogens (tertiary/aromatic N) is 1. The van der Waals surface area contributed by atoms with Gasteiger partial charge in [0.15, 0.2) is 0 Å². The van der Waals surface area contributed by atoms with Crippen molar-refractivity contribution in [3.8, 4) is 17.0 Å². The van der Waals surface area contributed by atoms with Gasteiger partial charge in [-0.1, -0.05) is 29.8 Å². The van der Waals surface area contributed by atoms with Crippen LogP contribution in [-0.4, -0.2) is 17.9 Å². The normalized spacial score (nSPS) is 10.9. The lowest BCUT2D eigenvalue weighted by Crippen LogP contribution is -2.01. The number of nitrogen functional groups attached to an aromatic ring is 1. The highest BCUT2D eigenvalue weighted by molar-refractivity contribution is 7.21. The van der Waals surface area contributed by atoms with Gasteiger partial charge in [-0.15, -0.1) is 11.3 Å². The average molecular weight is 374 g/mol. The molecule has 4 aromatic rings. The van der Waals surface area contributed by atoms with Gasteiger partial charge in [0, 0.05) is 16.5 Å². The van der Waals surface area contributed by atoms with Crippen molar-refractivity contribution >= 4 is 33.0 Å². The molecule has 2 aromatic carbocycles. The monoisotopic (exact) mass is 374 g/mol. The van der Waals surface area contributed by atoms with Crippen LogP contribution in [0.3, 0.4) is 0 Å². The number of anilines is 1. The van der Waals surface area contributed by atoms with Crippen LogP contribution in [0.2, 0.25) is 0 Å². The standard InChI is InChI=1S/C22H18N2O2S/c1-13-3-5-14(6-4-13)18-12-11-17-19(23)21(27-22(17)24-18)20(25)15-7-9-16(26-2)10-8-15/h3-12H,23H2,1-2H3. The second-order valence-corrected chi connectivity index (χ2v) is 7.32. The lowest BCUT2D eigenvalue weighted by Gasteiger charge is -2.02. The van der Waals surface area contributed by atoms with Gasteiger partial charge in [-0.25, -0.2) is 4.98 Å². The van der Waals surface area contributed by atoms with Crippen molar-refractivity contribution in [2.75, 3.05) is 12.8 Å². The molecule has 134 valence electrons. The third kappa shape index (κ3) is 3.17. The Morgan fingerprint density at radius 2 is 1.70 bits per heavy atom. The van der Waals surface area contributed by atoms with Crippen molar-refractivity contribution in [2.24, 2.45) is 0 Å². The van der Waals surface area contributed by atoms with Crippen molar-refractivity contribution < 1.29 is 9.53 Å². The maximum Gasteiger partial charge on any atom is 0.205 e. The molecule has 0 bridgehead atoms. The molecule has 0 fully saturated rings. The predicted octanol–water partition coefficient (Wildman–Crippen LogP) is 5.09. The minimum atomic E-state index is -0.102. The SMILES string of the molecule is COc1ccc(C(=O)c2sc3nc(-c4ccc(C)cc4)ccc3c2N)cc1. The van der Waals surface area contributed by atoms with Crippen LogP contribution in [0.25, 0.3) is 21.5 Å². The molecule has 2 heterocycles. The van der Waals surface area contributed by atoms with Crippen LogP contribution in [0.1, 0.15) is 20.8 Å². The van der Waals surface area contributed by atoms with Gasteiger partial charge >= 0.3 is 0 Å². The Morgan fingerprint density at radius 1 is 1.00 bits per heavy atom. The lowest BCUT2D eigenvalue weighted by atomic mass is 10.1. The Bertz CT molecular complexity index is 1130. The fraction of sp³-hybridized carbons (Fsp3) is 0.0909. The van der Waals surface area contributed by atoms with E-state index >= 15 is 0 Å². The molecule has 0 aliphatic carbocycles. The first-order valence-electron chi connectivity index (χ1n) is 8.51. The van der Waals surface area contributed by atoms with Gasteiger partial charge < -0.3 is 10.5 Å². The Morgan fingerprint density at radius 3 is 2.37 bits per heavy atom. The van der Waals surface area contributed by atoms with Gasteiger partial charge in [-0.2, -0.15) is 0 Å². The summed E-state index contributed by atoms with van der Waals surface area (Å²) in [5.41, 5.74) is 10.4. The Kier molecular flexibility index (Phi) is 4.38. The van der Waals surface area contributed by atoms with Crippen LogP contribution in [0, 0.1) is 6.92 Å². The number of ether oxygens (including phenoxy) is 1. The van der Waals surface area contributed by atoms with E-state index in [9.17, 15) is 4.79 Å². The number of hydrogen-bond donors (Lipinski definition) is 1. The molecule has 0 aliphatic heterocycles. The highest BCUT2D eigenvalue weighted by Crippen LogP contribution is 2.35. The van der Waals surface area contributed by atoms with Crippen LogP contribution in [-0.2, 0) is 0 Å². The number of thiophene rings is 1. The fourth-order valence-electron chi connectivity index (χ4n) is 2.92. The van der Waals surface area contributed by atoms with E-state index in [1.165, 1.54) is 16.9 Å². The van der Waals surface area contributed by atoms with Crippen LogP contribution in [0.15, 0.2) is 60.7 Å². The number of benzene rings is 2. The van der Waals surface area contributed by atoms with Crippen molar-refractivity contribution in [3.05, 3.63) is 76.7 Å². The summed E-state index contributed by atoms with van der Waals surface area (Å²) in [4.78, 5) is 18.9. The number of fused-ring (bicyclic) bond motifs is 1. The minimum Gasteiger partial charge on any atom is -0.497 e. The third-order valence-corrected chi connectivity index (χ3v) is 5.61. The van der Waals surface area contributed by atoms with Crippen LogP contribution in [0.4, 0.5) is 5.69 Å². The molecule has 0 radical (unpaired) electrons. The molecule has 4 nitrogen and oxygen atoms in total. The van der Waals surface area contributed by atoms with Crippen molar-refractivity contribution in [1.82, 2.24) is 4.98 Å². The van der Waals surface area contributed by atoms with E-state index < -0.39 is 0 Å². The number of ketones is 1. The van der Waals surface area contributed by atoms with Crippen molar-refractivity contribution in [3.63, 3.8) is 0 Å². The van der Waals surface area contributed by atoms with E-state index in [1.807, 2.05) is 24.3 Å². The zero-order valence-corrected chi connectivity index (χ0v) is 15.8. The molecule has 0 amide bonds. The molecule has 4 rings (SSSR count). The molecule has 0 aliphatic rings. The van der Waals surface area contributed by atoms with Gasteiger partial charge in [0.1, 0.15) is 15.5 Å². The van der Waals surface area contributed by atoms with Crippen molar-refractivity contribution in [2.45, 2.75) is 6.92 Å². The van der Waals surface area contributed by atoms with Crippen LogP contribution in [0.5, 0.6) is 5.75 Å². The summed E-state index contributed by atoms with van der Waals surface area (Å²) < 4.78 is 5.15. The van der Waals surface area contributed by atoms with E-state index in [0.717, 1.165) is 21.5 Å². The molecular formula is C22H18N2O2S. The molecule has 0 saturated carbocycles. The van der Waals surface area contributed by atoms with Gasteiger partial charge in [0.25, 0.3) is 0 Å². The van der Waals surface area contributed by atoms with E-state index in [4.69, 9.17) is 15.5 Å². The maximum atomic E-state index is 12.9. The first-order chi connectivity index (χ1) is 13.1. The zero-order chi connectivity index (χ0) is 19.0. The van der Waals surface area contributed by atoms with E-state index in [-0.39, 0.29) is 5.78 Å². The number of aryl methyl sites for hydroxylation is 1. The summed E-state index contributed by atoms with van der Waals surface area (Å²) in [5.74, 6) is 0.607. The molecule has 2 N–H and O–H groups in total. The molecule has 0 saturated heterocycles. The summed E-state index contributed by atoms with van der Waals surface area (Å²) in [6, 6.07) is 19.1. The second kappa shape index (κ2) is 6.85. The van der Waals surface area contributed by atoms with Gasteiger partial charge in [-0.05, 0) is 43.3 Å². The van der Waals surface area contributed by atoms with Crippen LogP contribution < -0.4 is 10.5 Å². The highest BCUT2D eigenvalue weighted by atomic mass is 32.1. The molecule has 27 heavy (non-hydrogen) atoms. The molecule has 0 unspecified atom stereocenters. The van der Waals surface area contributed by atoms with Gasteiger partial charge in [0.05, 0.1) is 18.5 Å². The lowest BCUT2D eigenvalue weighted by molar-refractivity contribution is 0.104. The van der Waals surface area contributed by atoms with E-state index in [0.29, 0.717) is 21.9 Å². The van der Waals surface area contributed by atoms with E-state index in [1.54, 1.807) is 31.4 Å². The Balaban J connectivity index is 1.74. The number of nitrogens with two attached hydrogens (primary N) is 1. The number of methoxy groups -OCH3 is 1. The number of rotatable bonds is 4. The Labute approximate surface area is 161 Å². The summed E-state index contributed by atoms with van der Waals surface area (Å²) in [7, 11) is 1.60. The zero-order valence-electron chi connectivity index (χ0n) is 15.0. The molecule has 0 spiro atoms. The van der Waals surface area contributed by atoms with E-state index in [2.05, 4.69) is 19.1 Å². The van der Waals surface area contributed by atoms with Gasteiger partial charge in [-0.3, -0.25) is 4.79 Å². The number of hydrogen-bond acceptors (Lipinski definition) is 5. The van der Waals surface area contributed by atoms with Gasteiger partial charge in [0.2, 0.25) is 5.78 Å². The first kappa shape index (κ1) is 17.2. The second-order valence-electron chi connectivity index (χ2n) is 6.32. The topological polar surface area (TPSA) is 65.2 Å². The fourth-order valence-corrected chi connectivity index (χ4v) is 3.98. The quantitative estimate of drug-likeness (QED) is 0.505. The van der Waals surface area contributed by atoms with Crippen LogP contribution >= 0.6 is 11.3 Å². The van der Waals surface area contributed by atoms with Crippen molar-refractivity contribution in [1.29, 1.82) is 0 Å². The largest absolute Gasteiger partial charge is 0.497 e. The highest BCUT2D eigenvalue weighted by Gasteiger charge is 2.19. The Hall–Kier alpha value is -3.18. The number of carbonyl (C=O) groups is 1. The minimum absolute atomic E-state index is 0.102. The third-order valence-electron chi connectivity index (χ3n) is 4.50. The maximum absolute atomic E-state index is 12.9.